The van der Waals surface area contributed by atoms with Crippen LogP contribution in [0.25, 0.3) is 11.1 Å². The second kappa shape index (κ2) is 9.78. The molecule has 0 saturated heterocycles. The van der Waals surface area contributed by atoms with E-state index in [-0.39, 0.29) is 29.3 Å². The molecule has 4 aromatic rings. The van der Waals surface area contributed by atoms with Crippen LogP contribution in [0.5, 0.6) is 0 Å². The van der Waals surface area contributed by atoms with E-state index in [1.807, 2.05) is 42.5 Å². The molecule has 0 saturated carbocycles. The van der Waals surface area contributed by atoms with Crippen LogP contribution in [0.1, 0.15) is 37.5 Å². The lowest BCUT2D eigenvalue weighted by atomic mass is 9.99. The molecule has 1 aliphatic heterocycles. The number of benzene rings is 4. The van der Waals surface area contributed by atoms with E-state index in [1.165, 1.54) is 35.2 Å². The first kappa shape index (κ1) is 24.1. The van der Waals surface area contributed by atoms with Crippen LogP contribution in [-0.2, 0) is 0 Å². The van der Waals surface area contributed by atoms with Crippen LogP contribution in [0.4, 0.5) is 20.2 Å². The van der Waals surface area contributed by atoms with Gasteiger partial charge in [-0.25, -0.2) is 0 Å². The van der Waals surface area contributed by atoms with Gasteiger partial charge < -0.3 is 10.2 Å². The Balaban J connectivity index is 1.37. The Morgan fingerprint density at radius 2 is 1.38 bits per heavy atom. The van der Waals surface area contributed by atoms with E-state index >= 15 is 0 Å². The van der Waals surface area contributed by atoms with Gasteiger partial charge in [0.1, 0.15) is 0 Å². The predicted octanol–water partition coefficient (Wildman–Crippen LogP) is 6.47. The molecule has 0 aliphatic carbocycles. The van der Waals surface area contributed by atoms with Crippen molar-refractivity contribution in [2.24, 2.45) is 0 Å². The van der Waals surface area contributed by atoms with E-state index in [0.29, 0.717) is 11.3 Å². The first-order valence-corrected chi connectivity index (χ1v) is 11.7. The van der Waals surface area contributed by atoms with Crippen LogP contribution in [0.2, 0.25) is 0 Å². The van der Waals surface area contributed by atoms with Crippen LogP contribution in [-0.4, -0.2) is 30.1 Å². The third kappa shape index (κ3) is 4.76. The number of Topliss-reactive ketones (excluding diaryl/α,β-unsaturated/α-hetero) is 1. The Bertz CT molecular complexity index is 1480. The first-order chi connectivity index (χ1) is 17.8. The highest BCUT2D eigenvalue weighted by Gasteiger charge is 2.44. The predicted molar refractivity (Wildman–Crippen MR) is 138 cm³/mol. The minimum Gasteiger partial charge on any atom is -0.322 e. The molecule has 0 spiro atoms. The molecule has 184 valence electrons. The van der Waals surface area contributed by atoms with Gasteiger partial charge in [0.25, 0.3) is 11.8 Å². The van der Waals surface area contributed by atoms with Crippen molar-refractivity contribution in [2.75, 3.05) is 16.8 Å². The number of rotatable bonds is 4. The Morgan fingerprint density at radius 3 is 2.11 bits per heavy atom. The van der Waals surface area contributed by atoms with Crippen molar-refractivity contribution in [3.05, 3.63) is 120 Å². The van der Waals surface area contributed by atoms with Gasteiger partial charge in [-0.05, 0) is 53.6 Å². The lowest BCUT2D eigenvalue weighted by Gasteiger charge is -2.22. The molecule has 0 bridgehead atoms. The van der Waals surface area contributed by atoms with Gasteiger partial charge in [-0.2, -0.15) is 8.78 Å². The van der Waals surface area contributed by atoms with Crippen molar-refractivity contribution in [1.29, 1.82) is 0 Å². The number of para-hydroxylation sites is 1. The maximum Gasteiger partial charge on any atom is 0.311 e. The lowest BCUT2D eigenvalue weighted by molar-refractivity contribution is 0.00748. The maximum atomic E-state index is 14.3. The number of carbonyl (C=O) groups excluding carboxylic acids is 3. The van der Waals surface area contributed by atoms with Crippen molar-refractivity contribution in [3.8, 4) is 11.1 Å². The van der Waals surface area contributed by atoms with Crippen LogP contribution in [0.15, 0.2) is 103 Å². The number of carbonyl (C=O) groups is 3. The van der Waals surface area contributed by atoms with Gasteiger partial charge in [0.05, 0.1) is 5.69 Å². The number of hydrogen-bond acceptors (Lipinski definition) is 3. The van der Waals surface area contributed by atoms with Crippen molar-refractivity contribution < 1.29 is 23.2 Å². The fourth-order valence-corrected chi connectivity index (χ4v) is 4.40. The zero-order valence-electron chi connectivity index (χ0n) is 19.7. The number of nitrogens with zero attached hydrogens (tertiary/aromatic N) is 1. The van der Waals surface area contributed by atoms with E-state index in [2.05, 4.69) is 5.32 Å². The smallest absolute Gasteiger partial charge is 0.311 e. The van der Waals surface area contributed by atoms with Crippen molar-refractivity contribution in [1.82, 2.24) is 0 Å². The molecule has 0 atom stereocenters. The normalized spacial score (nSPS) is 14.4. The fraction of sp³-hybridized carbons (Fsp3) is 0.100. The molecule has 0 radical (unpaired) electrons. The van der Waals surface area contributed by atoms with Crippen molar-refractivity contribution in [2.45, 2.75) is 12.3 Å². The number of anilines is 2. The monoisotopic (exact) mass is 496 g/mol. The highest BCUT2D eigenvalue weighted by atomic mass is 19.3. The van der Waals surface area contributed by atoms with E-state index in [1.54, 1.807) is 30.3 Å². The SMILES string of the molecule is O=C(Nc1ccc(C(=O)N2CCC(F)(F)C(=O)c3ccccc32)cc1)c1ccccc1-c1ccccc1. The van der Waals surface area contributed by atoms with Crippen LogP contribution in [0.3, 0.4) is 0 Å². The summed E-state index contributed by atoms with van der Waals surface area (Å²) in [7, 11) is 0. The third-order valence-electron chi connectivity index (χ3n) is 6.31. The second-order valence-corrected chi connectivity index (χ2v) is 8.70. The molecule has 5 rings (SSSR count). The first-order valence-electron chi connectivity index (χ1n) is 11.7. The summed E-state index contributed by atoms with van der Waals surface area (Å²) in [6, 6.07) is 28.9. The van der Waals surface area contributed by atoms with Gasteiger partial charge >= 0.3 is 5.92 Å². The highest BCUT2D eigenvalue weighted by molar-refractivity contribution is 6.14. The highest BCUT2D eigenvalue weighted by Crippen LogP contribution is 2.35. The number of halogens is 2. The average molecular weight is 497 g/mol. The topological polar surface area (TPSA) is 66.5 Å². The minimum absolute atomic E-state index is 0.157. The van der Waals surface area contributed by atoms with Gasteiger partial charge in [0.15, 0.2) is 0 Å². The van der Waals surface area contributed by atoms with Crippen LogP contribution < -0.4 is 10.2 Å². The van der Waals surface area contributed by atoms with Gasteiger partial charge in [0, 0.05) is 35.3 Å². The van der Waals surface area contributed by atoms with E-state index in [9.17, 15) is 23.2 Å². The summed E-state index contributed by atoms with van der Waals surface area (Å²) in [6.45, 7) is -0.302. The molecule has 1 N–H and O–H groups in total. The average Bonchev–Trinajstić information content (AvgIpc) is 3.03. The Kier molecular flexibility index (Phi) is 6.36. The summed E-state index contributed by atoms with van der Waals surface area (Å²) in [4.78, 5) is 39.8. The summed E-state index contributed by atoms with van der Waals surface area (Å²) in [5.41, 5.74) is 2.90. The number of fused-ring (bicyclic) bond motifs is 1. The zero-order valence-corrected chi connectivity index (χ0v) is 19.7. The summed E-state index contributed by atoms with van der Waals surface area (Å²) in [5, 5.41) is 2.85. The number of hydrogen-bond donors (Lipinski definition) is 1. The number of alkyl halides is 2. The summed E-state index contributed by atoms with van der Waals surface area (Å²) in [5.74, 6) is -5.65. The molecule has 7 heteroatoms. The molecule has 4 aromatic carbocycles. The van der Waals surface area contributed by atoms with Gasteiger partial charge in [-0.3, -0.25) is 14.4 Å². The molecule has 2 amide bonds. The number of amides is 2. The molecule has 1 aliphatic rings. The molecule has 0 fully saturated rings. The minimum atomic E-state index is -3.55. The number of ketones is 1. The van der Waals surface area contributed by atoms with Gasteiger partial charge in [-0.1, -0.05) is 60.7 Å². The summed E-state index contributed by atoms with van der Waals surface area (Å²) in [6.07, 6.45) is -0.763. The van der Waals surface area contributed by atoms with Gasteiger partial charge in [-0.15, -0.1) is 0 Å². The van der Waals surface area contributed by atoms with Gasteiger partial charge in [0.2, 0.25) is 5.78 Å². The van der Waals surface area contributed by atoms with E-state index in [0.717, 1.165) is 11.1 Å². The Labute approximate surface area is 212 Å². The second-order valence-electron chi connectivity index (χ2n) is 8.70. The number of nitrogens with one attached hydrogen (secondary N) is 1. The fourth-order valence-electron chi connectivity index (χ4n) is 4.40. The molecular weight excluding hydrogens is 474 g/mol. The molecule has 1 heterocycles. The quantitative estimate of drug-likeness (QED) is 0.352. The molecule has 0 unspecified atom stereocenters. The van der Waals surface area contributed by atoms with E-state index < -0.39 is 24.0 Å². The maximum absolute atomic E-state index is 14.3. The largest absolute Gasteiger partial charge is 0.322 e. The Hall–Kier alpha value is -4.65. The lowest BCUT2D eigenvalue weighted by Crippen LogP contribution is -2.33. The Morgan fingerprint density at radius 1 is 0.757 bits per heavy atom. The standard InChI is InChI=1S/C30H22F2N2O3/c31-30(32)18-19-34(26-13-7-6-12-25(26)27(30)35)29(37)21-14-16-22(17-15-21)33-28(36)24-11-5-4-10-23(24)20-8-2-1-3-9-20/h1-17H,18-19H2,(H,33,36). The van der Waals surface area contributed by atoms with Crippen LogP contribution in [0, 0.1) is 0 Å². The molecule has 37 heavy (non-hydrogen) atoms. The zero-order chi connectivity index (χ0) is 26.0. The van der Waals surface area contributed by atoms with Crippen molar-refractivity contribution in [3.63, 3.8) is 0 Å². The third-order valence-corrected chi connectivity index (χ3v) is 6.31. The van der Waals surface area contributed by atoms with E-state index in [4.69, 9.17) is 0 Å². The molecule has 0 aromatic heterocycles. The molecule has 5 nitrogen and oxygen atoms in total. The van der Waals surface area contributed by atoms with Crippen LogP contribution >= 0.6 is 0 Å². The van der Waals surface area contributed by atoms with Crippen molar-refractivity contribution >= 4 is 29.0 Å². The molecular formula is C30H22F2N2O3. The summed E-state index contributed by atoms with van der Waals surface area (Å²) >= 11 is 0. The summed E-state index contributed by atoms with van der Waals surface area (Å²) < 4.78 is 28.6.